The first-order valence-corrected chi connectivity index (χ1v) is 5.71. The lowest BCUT2D eigenvalue weighted by Gasteiger charge is -2.22. The molecule has 2 nitrogen and oxygen atoms in total. The van der Waals surface area contributed by atoms with Gasteiger partial charge < -0.3 is 10.1 Å². The van der Waals surface area contributed by atoms with Crippen LogP contribution in [0.15, 0.2) is 0 Å². The number of ether oxygens (including phenoxy) is 1. The minimum Gasteiger partial charge on any atom is -0.372 e. The van der Waals surface area contributed by atoms with Crippen molar-refractivity contribution in [3.8, 4) is 0 Å². The summed E-state index contributed by atoms with van der Waals surface area (Å²) < 4.78 is 39.9. The highest BCUT2D eigenvalue weighted by molar-refractivity contribution is 4.99. The fourth-order valence-corrected chi connectivity index (χ4v) is 2.08. The molecule has 1 aliphatic rings. The van der Waals surface area contributed by atoms with Gasteiger partial charge in [-0.3, -0.25) is 0 Å². The second-order valence-corrected chi connectivity index (χ2v) is 4.64. The molecule has 0 radical (unpaired) electrons. The summed E-state index contributed by atoms with van der Waals surface area (Å²) in [5.74, 6) is 0. The number of hydrogen-bond acceptors (Lipinski definition) is 2. The van der Waals surface area contributed by atoms with E-state index in [2.05, 4.69) is 17.0 Å². The second-order valence-electron chi connectivity index (χ2n) is 4.64. The molecule has 5 heteroatoms. The predicted octanol–water partition coefficient (Wildman–Crippen LogP) is 2.73. The van der Waals surface area contributed by atoms with Crippen LogP contribution < -0.4 is 5.32 Å². The van der Waals surface area contributed by atoms with E-state index >= 15 is 0 Å². The average molecular weight is 239 g/mol. The molecule has 0 aromatic carbocycles. The topological polar surface area (TPSA) is 21.3 Å². The van der Waals surface area contributed by atoms with Crippen LogP contribution in [-0.4, -0.2) is 32.5 Å². The number of hydrogen-bond donors (Lipinski definition) is 1. The molecular formula is C11H20F3NO. The predicted molar refractivity (Wildman–Crippen MR) is 56.3 cm³/mol. The highest BCUT2D eigenvalue weighted by atomic mass is 19.4. The number of nitrogens with one attached hydrogen (secondary N) is 1. The van der Waals surface area contributed by atoms with Crippen LogP contribution in [0.4, 0.5) is 13.2 Å². The number of alkyl halides is 3. The van der Waals surface area contributed by atoms with Crippen LogP contribution in [0.2, 0.25) is 0 Å². The van der Waals surface area contributed by atoms with Gasteiger partial charge in [-0.25, -0.2) is 0 Å². The Bertz CT molecular complexity index is 214. The van der Waals surface area contributed by atoms with E-state index in [0.717, 1.165) is 6.42 Å². The third-order valence-electron chi connectivity index (χ3n) is 3.47. The van der Waals surface area contributed by atoms with Crippen molar-refractivity contribution in [3.05, 3.63) is 0 Å². The molecule has 1 aliphatic carbocycles. The van der Waals surface area contributed by atoms with Crippen molar-refractivity contribution in [2.45, 2.75) is 44.8 Å². The monoisotopic (exact) mass is 239 g/mol. The van der Waals surface area contributed by atoms with Gasteiger partial charge >= 0.3 is 6.18 Å². The smallest absolute Gasteiger partial charge is 0.372 e. The Morgan fingerprint density at radius 3 is 2.44 bits per heavy atom. The molecule has 0 bridgehead atoms. The van der Waals surface area contributed by atoms with Gasteiger partial charge in [0.2, 0.25) is 0 Å². The van der Waals surface area contributed by atoms with E-state index in [1.165, 1.54) is 12.8 Å². The summed E-state index contributed by atoms with van der Waals surface area (Å²) in [7, 11) is 1.92. The van der Waals surface area contributed by atoms with Crippen molar-refractivity contribution < 1.29 is 17.9 Å². The summed E-state index contributed by atoms with van der Waals surface area (Å²) >= 11 is 0. The maximum Gasteiger partial charge on any atom is 0.411 e. The first-order chi connectivity index (χ1) is 7.40. The maximum atomic E-state index is 11.8. The molecule has 1 fully saturated rings. The third kappa shape index (κ3) is 4.29. The lowest BCUT2D eigenvalue weighted by molar-refractivity contribution is -0.174. The zero-order chi connectivity index (χ0) is 12.2. The van der Waals surface area contributed by atoms with Gasteiger partial charge in [-0.1, -0.05) is 0 Å². The van der Waals surface area contributed by atoms with Crippen LogP contribution in [0.5, 0.6) is 0 Å². The summed E-state index contributed by atoms with van der Waals surface area (Å²) in [4.78, 5) is 0. The first-order valence-electron chi connectivity index (χ1n) is 5.71. The Hall–Kier alpha value is -0.290. The van der Waals surface area contributed by atoms with Crippen molar-refractivity contribution in [2.75, 3.05) is 20.3 Å². The molecule has 0 aromatic rings. The van der Waals surface area contributed by atoms with E-state index in [9.17, 15) is 13.2 Å². The summed E-state index contributed by atoms with van der Waals surface area (Å²) in [5, 5.41) is 3.21. The summed E-state index contributed by atoms with van der Waals surface area (Å²) in [5.41, 5.74) is 0.316. The molecule has 0 saturated heterocycles. The van der Waals surface area contributed by atoms with Crippen molar-refractivity contribution in [2.24, 2.45) is 5.41 Å². The van der Waals surface area contributed by atoms with Crippen LogP contribution >= 0.6 is 0 Å². The molecule has 1 rings (SSSR count). The van der Waals surface area contributed by atoms with Crippen LogP contribution in [0.25, 0.3) is 0 Å². The Morgan fingerprint density at radius 1 is 1.38 bits per heavy atom. The van der Waals surface area contributed by atoms with Crippen LogP contribution in [0.1, 0.15) is 32.6 Å². The van der Waals surface area contributed by atoms with E-state index in [0.29, 0.717) is 17.9 Å². The molecule has 16 heavy (non-hydrogen) atoms. The van der Waals surface area contributed by atoms with Crippen LogP contribution in [0.3, 0.4) is 0 Å². The Morgan fingerprint density at radius 2 is 2.00 bits per heavy atom. The van der Waals surface area contributed by atoms with Gasteiger partial charge in [0.1, 0.15) is 6.61 Å². The van der Waals surface area contributed by atoms with E-state index in [1.807, 2.05) is 7.05 Å². The normalized spacial score (nSPS) is 20.8. The molecule has 0 amide bonds. The van der Waals surface area contributed by atoms with Crippen molar-refractivity contribution in [1.29, 1.82) is 0 Å². The number of rotatable bonds is 7. The highest BCUT2D eigenvalue weighted by Crippen LogP contribution is 2.52. The first kappa shape index (κ1) is 13.8. The van der Waals surface area contributed by atoms with Crippen molar-refractivity contribution >= 4 is 0 Å². The molecule has 1 atom stereocenters. The van der Waals surface area contributed by atoms with Crippen molar-refractivity contribution in [1.82, 2.24) is 5.32 Å². The van der Waals surface area contributed by atoms with E-state index in [1.54, 1.807) is 0 Å². The van der Waals surface area contributed by atoms with E-state index in [-0.39, 0.29) is 6.61 Å². The zero-order valence-electron chi connectivity index (χ0n) is 9.86. The summed E-state index contributed by atoms with van der Waals surface area (Å²) in [6.07, 6.45) is -0.187. The van der Waals surface area contributed by atoms with Gasteiger partial charge in [0.15, 0.2) is 0 Å². The Balaban J connectivity index is 2.08. The SMILES string of the molecule is CNC(C)C1(CCCOCC(F)(F)F)CC1. The Kier molecular flexibility index (Phi) is 4.62. The third-order valence-corrected chi connectivity index (χ3v) is 3.47. The summed E-state index contributed by atoms with van der Waals surface area (Å²) in [6.45, 7) is 1.21. The van der Waals surface area contributed by atoms with Gasteiger partial charge in [-0.2, -0.15) is 13.2 Å². The van der Waals surface area contributed by atoms with Gasteiger partial charge in [0.05, 0.1) is 0 Å². The lowest BCUT2D eigenvalue weighted by Crippen LogP contribution is -2.32. The maximum absolute atomic E-state index is 11.8. The minimum atomic E-state index is -4.20. The standard InChI is InChI=1S/C11H20F3NO/c1-9(15-2)10(5-6-10)4-3-7-16-8-11(12,13)14/h9,15H,3-8H2,1-2H3. The van der Waals surface area contributed by atoms with E-state index < -0.39 is 12.8 Å². The van der Waals surface area contributed by atoms with Gasteiger partial charge in [-0.05, 0) is 45.1 Å². The average Bonchev–Trinajstić information content (AvgIpc) is 2.95. The molecule has 0 aromatic heterocycles. The quantitative estimate of drug-likeness (QED) is 0.690. The molecular weight excluding hydrogens is 219 g/mol. The molecule has 1 N–H and O–H groups in total. The Labute approximate surface area is 94.5 Å². The highest BCUT2D eigenvalue weighted by Gasteiger charge is 2.45. The molecule has 0 heterocycles. The molecule has 0 spiro atoms. The van der Waals surface area contributed by atoms with Crippen LogP contribution in [0, 0.1) is 5.41 Å². The van der Waals surface area contributed by atoms with E-state index in [4.69, 9.17) is 0 Å². The van der Waals surface area contributed by atoms with Gasteiger partial charge in [0, 0.05) is 12.6 Å². The fourth-order valence-electron chi connectivity index (χ4n) is 2.08. The zero-order valence-corrected chi connectivity index (χ0v) is 9.86. The lowest BCUT2D eigenvalue weighted by atomic mass is 9.92. The molecule has 1 saturated carbocycles. The van der Waals surface area contributed by atoms with Crippen molar-refractivity contribution in [3.63, 3.8) is 0 Å². The molecule has 0 aliphatic heterocycles. The minimum absolute atomic E-state index is 0.206. The molecule has 1 unspecified atom stereocenters. The van der Waals surface area contributed by atoms with Gasteiger partial charge in [0.25, 0.3) is 0 Å². The van der Waals surface area contributed by atoms with Crippen LogP contribution in [-0.2, 0) is 4.74 Å². The number of halogens is 3. The largest absolute Gasteiger partial charge is 0.411 e. The second kappa shape index (κ2) is 5.36. The molecule has 96 valence electrons. The van der Waals surface area contributed by atoms with Gasteiger partial charge in [-0.15, -0.1) is 0 Å². The fraction of sp³-hybridized carbons (Fsp3) is 1.00. The summed E-state index contributed by atoms with van der Waals surface area (Å²) in [6, 6.07) is 0.440.